The summed E-state index contributed by atoms with van der Waals surface area (Å²) in [7, 11) is -3.65. The number of aliphatic carboxylic acids is 1. The van der Waals surface area contributed by atoms with Crippen LogP contribution in [-0.2, 0) is 14.8 Å². The van der Waals surface area contributed by atoms with Crippen molar-refractivity contribution < 1.29 is 18.3 Å². The van der Waals surface area contributed by atoms with Gasteiger partial charge in [-0.2, -0.15) is 0 Å². The van der Waals surface area contributed by atoms with Crippen molar-refractivity contribution in [3.63, 3.8) is 0 Å². The van der Waals surface area contributed by atoms with Crippen molar-refractivity contribution in [2.45, 2.75) is 24.3 Å². The van der Waals surface area contributed by atoms with Gasteiger partial charge in [0.15, 0.2) is 0 Å². The van der Waals surface area contributed by atoms with Gasteiger partial charge in [-0.3, -0.25) is 4.79 Å². The topological polar surface area (TPSA) is 83.5 Å². The number of sulfonamides is 1. The Morgan fingerprint density at radius 1 is 1.53 bits per heavy atom. The molecule has 5 nitrogen and oxygen atoms in total. The summed E-state index contributed by atoms with van der Waals surface area (Å²) in [5.41, 5.74) is 0. The van der Waals surface area contributed by atoms with E-state index in [0.717, 1.165) is 3.57 Å². The van der Waals surface area contributed by atoms with E-state index in [9.17, 15) is 13.2 Å². The fraction of sp³-hybridized carbons (Fsp3) is 0.300. The highest BCUT2D eigenvalue weighted by atomic mass is 127. The number of benzene rings is 1. The van der Waals surface area contributed by atoms with Crippen molar-refractivity contribution in [2.24, 2.45) is 0 Å². The molecule has 0 fully saturated rings. The maximum absolute atomic E-state index is 11.9. The average Bonchev–Trinajstić information content (AvgIpc) is 2.15. The van der Waals surface area contributed by atoms with Crippen LogP contribution in [0, 0.1) is 3.57 Å². The van der Waals surface area contributed by atoms with Crippen LogP contribution in [-0.4, -0.2) is 25.5 Å². The van der Waals surface area contributed by atoms with Crippen LogP contribution in [0.4, 0.5) is 0 Å². The zero-order valence-corrected chi connectivity index (χ0v) is 12.0. The lowest BCUT2D eigenvalue weighted by Gasteiger charge is -2.12. The van der Waals surface area contributed by atoms with Crippen molar-refractivity contribution in [3.8, 4) is 0 Å². The highest BCUT2D eigenvalue weighted by molar-refractivity contribution is 14.1. The first-order valence-corrected chi connectivity index (χ1v) is 7.37. The minimum Gasteiger partial charge on any atom is -0.481 e. The Morgan fingerprint density at radius 3 is 2.71 bits per heavy atom. The third-order valence-electron chi connectivity index (χ3n) is 1.94. The summed E-state index contributed by atoms with van der Waals surface area (Å²) in [6.07, 6.45) is -0.247. The van der Waals surface area contributed by atoms with Gasteiger partial charge in [0.1, 0.15) is 0 Å². The quantitative estimate of drug-likeness (QED) is 0.770. The summed E-state index contributed by atoms with van der Waals surface area (Å²) in [6.45, 7) is 1.51. The first-order valence-electron chi connectivity index (χ1n) is 4.81. The van der Waals surface area contributed by atoms with Crippen molar-refractivity contribution >= 4 is 38.6 Å². The van der Waals surface area contributed by atoms with Gasteiger partial charge in [0, 0.05) is 9.61 Å². The van der Waals surface area contributed by atoms with Gasteiger partial charge in [-0.1, -0.05) is 6.07 Å². The molecule has 1 aromatic carbocycles. The maximum atomic E-state index is 11.9. The second-order valence-electron chi connectivity index (χ2n) is 3.58. The van der Waals surface area contributed by atoms with Gasteiger partial charge in [-0.25, -0.2) is 13.1 Å². The van der Waals surface area contributed by atoms with E-state index in [0.29, 0.717) is 0 Å². The summed E-state index contributed by atoms with van der Waals surface area (Å²) in [6, 6.07) is 5.77. The van der Waals surface area contributed by atoms with Gasteiger partial charge in [0.2, 0.25) is 10.0 Å². The van der Waals surface area contributed by atoms with Crippen LogP contribution in [0.1, 0.15) is 13.3 Å². The lowest BCUT2D eigenvalue weighted by atomic mass is 10.3. The van der Waals surface area contributed by atoms with Gasteiger partial charge in [-0.15, -0.1) is 0 Å². The van der Waals surface area contributed by atoms with Gasteiger partial charge in [0.25, 0.3) is 0 Å². The van der Waals surface area contributed by atoms with E-state index in [4.69, 9.17) is 5.11 Å². The summed E-state index contributed by atoms with van der Waals surface area (Å²) in [5, 5.41) is 8.56. The van der Waals surface area contributed by atoms with Crippen LogP contribution in [0.5, 0.6) is 0 Å². The van der Waals surface area contributed by atoms with Crippen LogP contribution < -0.4 is 4.72 Å². The molecule has 0 radical (unpaired) electrons. The Hall–Kier alpha value is -0.670. The Balaban J connectivity index is 2.86. The molecular formula is C10H12INO4S. The second-order valence-corrected chi connectivity index (χ2v) is 6.54. The number of carbonyl (C=O) groups is 1. The zero-order chi connectivity index (χ0) is 13.1. The van der Waals surface area contributed by atoms with Crippen molar-refractivity contribution in [2.75, 3.05) is 0 Å². The van der Waals surface area contributed by atoms with Gasteiger partial charge in [-0.05, 0) is 47.7 Å². The van der Waals surface area contributed by atoms with E-state index in [1.807, 2.05) is 22.6 Å². The van der Waals surface area contributed by atoms with E-state index in [1.54, 1.807) is 12.1 Å². The number of nitrogens with one attached hydrogen (secondary N) is 1. The molecule has 1 aromatic rings. The van der Waals surface area contributed by atoms with Crippen LogP contribution in [0.3, 0.4) is 0 Å². The van der Waals surface area contributed by atoms with E-state index in [-0.39, 0.29) is 11.3 Å². The number of hydrogen-bond donors (Lipinski definition) is 2. The molecule has 0 heterocycles. The van der Waals surface area contributed by atoms with Crippen molar-refractivity contribution in [1.82, 2.24) is 4.72 Å². The summed E-state index contributed by atoms with van der Waals surface area (Å²) < 4.78 is 26.9. The normalized spacial score (nSPS) is 13.3. The molecule has 0 bridgehead atoms. The van der Waals surface area contributed by atoms with Gasteiger partial charge in [0.05, 0.1) is 11.3 Å². The first kappa shape index (κ1) is 14.4. The second kappa shape index (κ2) is 5.78. The van der Waals surface area contributed by atoms with Crippen LogP contribution in [0.15, 0.2) is 29.2 Å². The standard InChI is InChI=1S/C10H12INO4S/c1-7(5-10(13)14)12-17(15,16)9-4-2-3-8(11)6-9/h2-4,6-7,12H,5H2,1H3,(H,13,14)/t7-/m1/s1. The third kappa shape index (κ3) is 4.60. The molecule has 0 aromatic heterocycles. The van der Waals surface area contributed by atoms with Crippen molar-refractivity contribution in [3.05, 3.63) is 27.8 Å². The monoisotopic (exact) mass is 369 g/mol. The molecule has 0 unspecified atom stereocenters. The van der Waals surface area contributed by atoms with Crippen LogP contribution in [0.2, 0.25) is 0 Å². The predicted octanol–water partition coefficient (Wildman–Crippen LogP) is 1.43. The fourth-order valence-electron chi connectivity index (χ4n) is 1.27. The Kier molecular flexibility index (Phi) is 4.90. The van der Waals surface area contributed by atoms with Crippen molar-refractivity contribution in [1.29, 1.82) is 0 Å². The molecular weight excluding hydrogens is 357 g/mol. The summed E-state index contributed by atoms with van der Waals surface area (Å²) >= 11 is 2.01. The van der Waals surface area contributed by atoms with Crippen LogP contribution in [0.25, 0.3) is 0 Å². The first-order chi connectivity index (χ1) is 7.81. The van der Waals surface area contributed by atoms with Gasteiger partial charge >= 0.3 is 5.97 Å². The highest BCUT2D eigenvalue weighted by Gasteiger charge is 2.18. The molecule has 7 heteroatoms. The van der Waals surface area contributed by atoms with E-state index >= 15 is 0 Å². The van der Waals surface area contributed by atoms with Crippen LogP contribution >= 0.6 is 22.6 Å². The minimum absolute atomic E-state index is 0.140. The number of halogens is 1. The average molecular weight is 369 g/mol. The molecule has 0 aliphatic rings. The number of rotatable bonds is 5. The molecule has 94 valence electrons. The molecule has 1 atom stereocenters. The maximum Gasteiger partial charge on any atom is 0.304 e. The lowest BCUT2D eigenvalue weighted by Crippen LogP contribution is -2.34. The highest BCUT2D eigenvalue weighted by Crippen LogP contribution is 2.13. The number of carboxylic acids is 1. The van der Waals surface area contributed by atoms with Gasteiger partial charge < -0.3 is 5.11 Å². The Labute approximate surface area is 113 Å². The molecule has 1 rings (SSSR count). The smallest absolute Gasteiger partial charge is 0.304 e. The largest absolute Gasteiger partial charge is 0.481 e. The number of carboxylic acid groups (broad SMARTS) is 1. The molecule has 0 aliphatic carbocycles. The molecule has 0 aliphatic heterocycles. The fourth-order valence-corrected chi connectivity index (χ4v) is 3.31. The molecule has 0 spiro atoms. The van der Waals surface area contributed by atoms with E-state index in [1.165, 1.54) is 19.1 Å². The SMILES string of the molecule is C[C@H](CC(=O)O)NS(=O)(=O)c1cccc(I)c1. The summed E-state index contributed by atoms with van der Waals surface area (Å²) in [5.74, 6) is -1.04. The Morgan fingerprint density at radius 2 is 2.18 bits per heavy atom. The third-order valence-corrected chi connectivity index (χ3v) is 4.20. The predicted molar refractivity (Wildman–Crippen MR) is 71.2 cm³/mol. The molecule has 0 saturated heterocycles. The van der Waals surface area contributed by atoms with E-state index < -0.39 is 22.0 Å². The lowest BCUT2D eigenvalue weighted by molar-refractivity contribution is -0.137. The molecule has 0 amide bonds. The minimum atomic E-state index is -3.65. The van der Waals surface area contributed by atoms with E-state index in [2.05, 4.69) is 4.72 Å². The molecule has 0 saturated carbocycles. The molecule has 2 N–H and O–H groups in total. The molecule has 17 heavy (non-hydrogen) atoms. The number of hydrogen-bond acceptors (Lipinski definition) is 3. The zero-order valence-electron chi connectivity index (χ0n) is 9.05. The Bertz CT molecular complexity index is 515. The summed E-state index contributed by atoms with van der Waals surface area (Å²) in [4.78, 5) is 10.6.